The van der Waals surface area contributed by atoms with Crippen LogP contribution in [-0.4, -0.2) is 54.2 Å². The first-order chi connectivity index (χ1) is 17.4. The fourth-order valence-corrected chi connectivity index (χ4v) is 5.95. The summed E-state index contributed by atoms with van der Waals surface area (Å²) in [6, 6.07) is 9.46. The lowest BCUT2D eigenvalue weighted by atomic mass is 9.91. The highest BCUT2D eigenvalue weighted by molar-refractivity contribution is 7.13. The smallest absolute Gasteiger partial charge is 0.258 e. The summed E-state index contributed by atoms with van der Waals surface area (Å²) in [7, 11) is 3.70. The second-order valence-electron chi connectivity index (χ2n) is 9.48. The van der Waals surface area contributed by atoms with E-state index in [4.69, 9.17) is 9.97 Å². The number of amides is 1. The molecule has 0 bridgehead atoms. The summed E-state index contributed by atoms with van der Waals surface area (Å²) in [6.45, 7) is 0.536. The van der Waals surface area contributed by atoms with E-state index in [0.29, 0.717) is 24.5 Å². The number of likely N-dealkylation sites (tertiary alicyclic amines) is 1. The number of anilines is 1. The van der Waals surface area contributed by atoms with E-state index < -0.39 is 5.60 Å². The Labute approximate surface area is 212 Å². The molecule has 0 radical (unpaired) electrons. The van der Waals surface area contributed by atoms with Gasteiger partial charge in [0.1, 0.15) is 10.7 Å². The Morgan fingerprint density at radius 1 is 1.19 bits per heavy atom. The van der Waals surface area contributed by atoms with Gasteiger partial charge in [-0.05, 0) is 37.0 Å². The fourth-order valence-electron chi connectivity index (χ4n) is 5.14. The Kier molecular flexibility index (Phi) is 5.57. The minimum absolute atomic E-state index is 0.134. The number of hydrogen-bond acceptors (Lipinski definition) is 8. The third kappa shape index (κ3) is 3.86. The number of likely N-dealkylation sites (N-methyl/N-ethyl adjacent to an activating group) is 1. The van der Waals surface area contributed by atoms with Gasteiger partial charge in [-0.3, -0.25) is 9.48 Å². The zero-order valence-corrected chi connectivity index (χ0v) is 21.0. The zero-order valence-electron chi connectivity index (χ0n) is 20.2. The molecule has 2 N–H and O–H groups in total. The molecule has 6 rings (SSSR count). The van der Waals surface area contributed by atoms with Crippen LogP contribution in [0.25, 0.3) is 22.0 Å². The first-order valence-electron chi connectivity index (χ1n) is 12.1. The molecule has 10 heteroatoms. The van der Waals surface area contributed by atoms with Crippen LogP contribution in [0, 0.1) is 0 Å². The molecular weight excluding hydrogens is 474 g/mol. The molecule has 184 valence electrons. The quantitative estimate of drug-likeness (QED) is 0.431. The van der Waals surface area contributed by atoms with Crippen molar-refractivity contribution in [3.8, 4) is 22.0 Å². The molecule has 1 aliphatic carbocycles. The predicted molar refractivity (Wildman–Crippen MR) is 137 cm³/mol. The Hall–Kier alpha value is -3.63. The van der Waals surface area contributed by atoms with Crippen LogP contribution in [-0.2, 0) is 23.9 Å². The van der Waals surface area contributed by atoms with E-state index in [1.807, 2.05) is 47.6 Å². The molecule has 1 fully saturated rings. The molecule has 4 heterocycles. The van der Waals surface area contributed by atoms with Crippen LogP contribution < -0.4 is 5.32 Å². The second kappa shape index (κ2) is 8.79. The molecule has 36 heavy (non-hydrogen) atoms. The molecule has 1 saturated heterocycles. The Balaban J connectivity index is 1.24. The molecule has 2 atom stereocenters. The molecule has 1 amide bonds. The van der Waals surface area contributed by atoms with Crippen molar-refractivity contribution in [1.29, 1.82) is 0 Å². The monoisotopic (exact) mass is 501 g/mol. The van der Waals surface area contributed by atoms with Crippen LogP contribution >= 0.6 is 11.3 Å². The lowest BCUT2D eigenvalue weighted by Crippen LogP contribution is -2.36. The number of fused-ring (bicyclic) bond motifs is 1. The highest BCUT2D eigenvalue weighted by atomic mass is 32.1. The molecule has 0 saturated carbocycles. The van der Waals surface area contributed by atoms with E-state index in [-0.39, 0.29) is 11.9 Å². The second-order valence-corrected chi connectivity index (χ2v) is 10.3. The van der Waals surface area contributed by atoms with E-state index in [1.165, 1.54) is 22.6 Å². The highest BCUT2D eigenvalue weighted by Gasteiger charge is 2.45. The summed E-state index contributed by atoms with van der Waals surface area (Å²) in [5.41, 5.74) is 3.94. The van der Waals surface area contributed by atoms with Gasteiger partial charge in [0.05, 0.1) is 17.9 Å². The standard InChI is InChI=1S/C26H27N7O2S/c1-32-12-10-26(35,24(32)34)17-6-3-5-16(13-17)23-29-21(15-36-23)20-9-11-27-25(31-20)30-19-7-4-8-22-18(19)14-28-33(22)2/h3,5-6,9,11,13-15,19,35H,4,7-8,10,12H2,1-2H3,(H,27,30,31)/t19-,26-/m1/s1. The Morgan fingerprint density at radius 2 is 2.08 bits per heavy atom. The number of benzene rings is 1. The number of carbonyl (C=O) groups excluding carboxylic acids is 1. The fraction of sp³-hybridized carbons (Fsp3) is 0.346. The molecule has 1 aromatic carbocycles. The van der Waals surface area contributed by atoms with Gasteiger partial charge in [-0.25, -0.2) is 15.0 Å². The van der Waals surface area contributed by atoms with Gasteiger partial charge in [0.15, 0.2) is 5.60 Å². The number of thiazole rings is 1. The normalized spacial score (nSPS) is 21.6. The summed E-state index contributed by atoms with van der Waals surface area (Å²) >= 11 is 1.50. The number of nitrogens with zero attached hydrogens (tertiary/aromatic N) is 6. The summed E-state index contributed by atoms with van der Waals surface area (Å²) in [5, 5.41) is 21.7. The SMILES string of the molecule is CN1CC[C@@](O)(c2cccc(-c3nc(-c4ccnc(N[C@@H]5CCCc6c5cnn6C)n4)cs3)c2)C1=O. The summed E-state index contributed by atoms with van der Waals surface area (Å²) in [6.07, 6.45) is 7.20. The van der Waals surface area contributed by atoms with Gasteiger partial charge in [0.25, 0.3) is 5.91 Å². The van der Waals surface area contributed by atoms with Crippen molar-refractivity contribution in [2.75, 3.05) is 18.9 Å². The van der Waals surface area contributed by atoms with Crippen LogP contribution in [0.3, 0.4) is 0 Å². The zero-order chi connectivity index (χ0) is 24.9. The third-order valence-electron chi connectivity index (χ3n) is 7.20. The molecule has 3 aromatic heterocycles. The van der Waals surface area contributed by atoms with E-state index in [1.54, 1.807) is 24.2 Å². The molecule has 9 nitrogen and oxygen atoms in total. The molecule has 1 aliphatic heterocycles. The van der Waals surface area contributed by atoms with Crippen molar-refractivity contribution < 1.29 is 9.90 Å². The Morgan fingerprint density at radius 3 is 2.92 bits per heavy atom. The van der Waals surface area contributed by atoms with Crippen LogP contribution in [0.1, 0.15) is 42.1 Å². The van der Waals surface area contributed by atoms with E-state index in [0.717, 1.165) is 41.2 Å². The first-order valence-corrected chi connectivity index (χ1v) is 13.0. The van der Waals surface area contributed by atoms with Gasteiger partial charge >= 0.3 is 0 Å². The first kappa shape index (κ1) is 22.8. The van der Waals surface area contributed by atoms with Crippen molar-refractivity contribution >= 4 is 23.2 Å². The van der Waals surface area contributed by atoms with E-state index in [9.17, 15) is 9.90 Å². The number of hydrogen-bond donors (Lipinski definition) is 2. The lowest BCUT2D eigenvalue weighted by molar-refractivity contribution is -0.143. The lowest BCUT2D eigenvalue weighted by Gasteiger charge is -2.23. The molecular formula is C26H27N7O2S. The largest absolute Gasteiger partial charge is 0.375 e. The third-order valence-corrected chi connectivity index (χ3v) is 8.09. The number of carbonyl (C=O) groups is 1. The van der Waals surface area contributed by atoms with Crippen molar-refractivity contribution in [2.24, 2.45) is 7.05 Å². The Bertz CT molecular complexity index is 1450. The molecule has 2 aliphatic rings. The van der Waals surface area contributed by atoms with Crippen LogP contribution in [0.4, 0.5) is 5.95 Å². The molecule has 4 aromatic rings. The number of rotatable bonds is 5. The van der Waals surface area contributed by atoms with E-state index in [2.05, 4.69) is 15.4 Å². The topological polar surface area (TPSA) is 109 Å². The average molecular weight is 502 g/mol. The number of aromatic nitrogens is 5. The molecule has 0 spiro atoms. The maximum Gasteiger partial charge on any atom is 0.258 e. The highest BCUT2D eigenvalue weighted by Crippen LogP contribution is 2.36. The summed E-state index contributed by atoms with van der Waals surface area (Å²) in [5.74, 6) is 0.300. The minimum atomic E-state index is -1.48. The van der Waals surface area contributed by atoms with Gasteiger partial charge in [0, 0.05) is 55.5 Å². The number of aliphatic hydroxyl groups is 1. The van der Waals surface area contributed by atoms with Crippen molar-refractivity contribution in [3.05, 3.63) is 64.9 Å². The maximum absolute atomic E-state index is 12.5. The van der Waals surface area contributed by atoms with E-state index >= 15 is 0 Å². The van der Waals surface area contributed by atoms with Crippen LogP contribution in [0.5, 0.6) is 0 Å². The predicted octanol–water partition coefficient (Wildman–Crippen LogP) is 3.54. The summed E-state index contributed by atoms with van der Waals surface area (Å²) in [4.78, 5) is 28.1. The van der Waals surface area contributed by atoms with Gasteiger partial charge in [0.2, 0.25) is 5.95 Å². The number of nitrogens with one attached hydrogen (secondary N) is 1. The minimum Gasteiger partial charge on any atom is -0.375 e. The van der Waals surface area contributed by atoms with Gasteiger partial charge < -0.3 is 15.3 Å². The summed E-state index contributed by atoms with van der Waals surface area (Å²) < 4.78 is 1.95. The average Bonchev–Trinajstić information content (AvgIpc) is 3.61. The van der Waals surface area contributed by atoms with Crippen LogP contribution in [0.15, 0.2) is 48.1 Å². The maximum atomic E-state index is 12.5. The molecule has 0 unspecified atom stereocenters. The van der Waals surface area contributed by atoms with Crippen LogP contribution in [0.2, 0.25) is 0 Å². The van der Waals surface area contributed by atoms with Crippen molar-refractivity contribution in [3.63, 3.8) is 0 Å². The van der Waals surface area contributed by atoms with Crippen molar-refractivity contribution in [2.45, 2.75) is 37.3 Å². The number of aryl methyl sites for hydroxylation is 1. The van der Waals surface area contributed by atoms with Gasteiger partial charge in [-0.2, -0.15) is 5.10 Å². The van der Waals surface area contributed by atoms with Crippen molar-refractivity contribution in [1.82, 2.24) is 29.6 Å². The van der Waals surface area contributed by atoms with Gasteiger partial charge in [-0.1, -0.05) is 18.2 Å². The van der Waals surface area contributed by atoms with Gasteiger partial charge in [-0.15, -0.1) is 11.3 Å².